The van der Waals surface area contributed by atoms with E-state index in [0.717, 1.165) is 12.2 Å². The highest BCUT2D eigenvalue weighted by atomic mass is 15.3. The van der Waals surface area contributed by atoms with Gasteiger partial charge in [-0.05, 0) is 6.42 Å². The number of nitrogens with two attached hydrogens (primary N) is 1. The van der Waals surface area contributed by atoms with Crippen LogP contribution in [0, 0.1) is 0 Å². The normalized spacial score (nSPS) is 13.5. The zero-order valence-electron chi connectivity index (χ0n) is 6.28. The van der Waals surface area contributed by atoms with Gasteiger partial charge in [-0.3, -0.25) is 4.68 Å². The van der Waals surface area contributed by atoms with E-state index in [9.17, 15) is 0 Å². The van der Waals surface area contributed by atoms with Crippen LogP contribution in [-0.2, 0) is 7.05 Å². The Labute approximate surface area is 60.1 Å². The van der Waals surface area contributed by atoms with E-state index in [1.807, 2.05) is 14.0 Å². The number of hydrogen-bond donors (Lipinski definition) is 1. The molecule has 0 aliphatic heterocycles. The lowest BCUT2D eigenvalue weighted by atomic mass is 10.2. The Morgan fingerprint density at radius 3 is 2.90 bits per heavy atom. The molecule has 0 saturated carbocycles. The average molecular weight is 140 g/mol. The molecule has 0 spiro atoms. The number of aryl methyl sites for hydroxylation is 1. The third kappa shape index (κ3) is 1.33. The summed E-state index contributed by atoms with van der Waals surface area (Å²) < 4.78 is 1.66. The summed E-state index contributed by atoms with van der Waals surface area (Å²) in [5.41, 5.74) is 5.67. The molecule has 0 bridgehead atoms. The van der Waals surface area contributed by atoms with E-state index in [-0.39, 0.29) is 6.04 Å². The Morgan fingerprint density at radius 2 is 2.50 bits per heavy atom. The molecule has 1 unspecified atom stereocenters. The number of rotatable bonds is 2. The van der Waals surface area contributed by atoms with Crippen molar-refractivity contribution in [1.29, 1.82) is 0 Å². The minimum atomic E-state index is -0.0128. The van der Waals surface area contributed by atoms with Crippen molar-refractivity contribution in [2.24, 2.45) is 12.8 Å². The summed E-state index contributed by atoms with van der Waals surface area (Å²) >= 11 is 0. The minimum absolute atomic E-state index is 0.0128. The Kier molecular flexibility index (Phi) is 2.01. The van der Waals surface area contributed by atoms with Crippen molar-refractivity contribution in [2.45, 2.75) is 19.4 Å². The summed E-state index contributed by atoms with van der Waals surface area (Å²) in [5, 5.41) is 4.06. The van der Waals surface area contributed by atoms with Gasteiger partial charge in [-0.2, -0.15) is 5.10 Å². The van der Waals surface area contributed by atoms with Crippen molar-refractivity contribution in [1.82, 2.24) is 14.8 Å². The second-order valence-electron chi connectivity index (χ2n) is 2.29. The highest BCUT2D eigenvalue weighted by Crippen LogP contribution is 2.05. The molecule has 1 aromatic rings. The van der Waals surface area contributed by atoms with Gasteiger partial charge < -0.3 is 5.73 Å². The maximum absolute atomic E-state index is 5.67. The van der Waals surface area contributed by atoms with Crippen LogP contribution in [-0.4, -0.2) is 14.8 Å². The van der Waals surface area contributed by atoms with Gasteiger partial charge in [0.05, 0.1) is 6.04 Å². The number of aromatic nitrogens is 3. The largest absolute Gasteiger partial charge is 0.321 e. The van der Waals surface area contributed by atoms with Crippen molar-refractivity contribution in [3.8, 4) is 0 Å². The molecule has 0 saturated heterocycles. The van der Waals surface area contributed by atoms with E-state index in [0.29, 0.717) is 0 Å². The molecule has 1 heterocycles. The molecule has 0 amide bonds. The minimum Gasteiger partial charge on any atom is -0.321 e. The molecule has 1 aromatic heterocycles. The lowest BCUT2D eigenvalue weighted by Gasteiger charge is -2.00. The molecule has 0 aliphatic rings. The van der Waals surface area contributed by atoms with E-state index < -0.39 is 0 Å². The monoisotopic (exact) mass is 140 g/mol. The SMILES string of the molecule is CCC(N)c1ncn(C)n1. The topological polar surface area (TPSA) is 56.7 Å². The predicted octanol–water partition coefficient (Wildman–Crippen LogP) is 0.225. The highest BCUT2D eigenvalue weighted by molar-refractivity contribution is 4.88. The van der Waals surface area contributed by atoms with E-state index in [1.165, 1.54) is 0 Å². The quantitative estimate of drug-likeness (QED) is 0.639. The Morgan fingerprint density at radius 1 is 1.80 bits per heavy atom. The van der Waals surface area contributed by atoms with Crippen LogP contribution in [0.2, 0.25) is 0 Å². The van der Waals surface area contributed by atoms with Gasteiger partial charge in [0.25, 0.3) is 0 Å². The van der Waals surface area contributed by atoms with Crippen LogP contribution in [0.5, 0.6) is 0 Å². The molecular weight excluding hydrogens is 128 g/mol. The third-order valence-corrected chi connectivity index (χ3v) is 1.39. The van der Waals surface area contributed by atoms with Gasteiger partial charge in [-0.1, -0.05) is 6.92 Å². The van der Waals surface area contributed by atoms with Crippen LogP contribution in [0.4, 0.5) is 0 Å². The average Bonchev–Trinajstić information content (AvgIpc) is 2.34. The first-order valence-electron chi connectivity index (χ1n) is 3.35. The van der Waals surface area contributed by atoms with Crippen molar-refractivity contribution >= 4 is 0 Å². The zero-order chi connectivity index (χ0) is 7.56. The molecular formula is C6H12N4. The van der Waals surface area contributed by atoms with Crippen molar-refractivity contribution < 1.29 is 0 Å². The molecule has 0 fully saturated rings. The van der Waals surface area contributed by atoms with Crippen LogP contribution in [0.15, 0.2) is 6.33 Å². The molecule has 56 valence electrons. The van der Waals surface area contributed by atoms with Crippen molar-refractivity contribution in [3.05, 3.63) is 12.2 Å². The summed E-state index contributed by atoms with van der Waals surface area (Å²) in [7, 11) is 1.83. The fraction of sp³-hybridized carbons (Fsp3) is 0.667. The van der Waals surface area contributed by atoms with Gasteiger partial charge >= 0.3 is 0 Å². The molecule has 0 radical (unpaired) electrons. The second kappa shape index (κ2) is 2.79. The lowest BCUT2D eigenvalue weighted by Crippen LogP contribution is -2.10. The summed E-state index contributed by atoms with van der Waals surface area (Å²) in [6, 6.07) is -0.0128. The molecule has 2 N–H and O–H groups in total. The molecule has 10 heavy (non-hydrogen) atoms. The summed E-state index contributed by atoms with van der Waals surface area (Å²) in [6.07, 6.45) is 2.54. The van der Waals surface area contributed by atoms with E-state index >= 15 is 0 Å². The number of nitrogens with zero attached hydrogens (tertiary/aromatic N) is 3. The zero-order valence-corrected chi connectivity index (χ0v) is 6.28. The van der Waals surface area contributed by atoms with Crippen LogP contribution < -0.4 is 5.73 Å². The van der Waals surface area contributed by atoms with Gasteiger partial charge in [0, 0.05) is 7.05 Å². The maximum Gasteiger partial charge on any atom is 0.167 e. The van der Waals surface area contributed by atoms with Crippen LogP contribution in [0.25, 0.3) is 0 Å². The first-order valence-corrected chi connectivity index (χ1v) is 3.35. The van der Waals surface area contributed by atoms with Crippen LogP contribution in [0.3, 0.4) is 0 Å². The molecule has 4 nitrogen and oxygen atoms in total. The van der Waals surface area contributed by atoms with Crippen LogP contribution in [0.1, 0.15) is 25.2 Å². The summed E-state index contributed by atoms with van der Waals surface area (Å²) in [6.45, 7) is 2.01. The Balaban J connectivity index is 2.74. The fourth-order valence-electron chi connectivity index (χ4n) is 0.708. The second-order valence-corrected chi connectivity index (χ2v) is 2.29. The van der Waals surface area contributed by atoms with Crippen molar-refractivity contribution in [3.63, 3.8) is 0 Å². The van der Waals surface area contributed by atoms with Crippen molar-refractivity contribution in [2.75, 3.05) is 0 Å². The first-order chi connectivity index (χ1) is 4.74. The van der Waals surface area contributed by atoms with Crippen LogP contribution >= 0.6 is 0 Å². The Hall–Kier alpha value is -0.900. The smallest absolute Gasteiger partial charge is 0.167 e. The molecule has 1 rings (SSSR count). The lowest BCUT2D eigenvalue weighted by molar-refractivity contribution is 0.632. The highest BCUT2D eigenvalue weighted by Gasteiger charge is 2.06. The molecule has 0 aromatic carbocycles. The summed E-state index contributed by atoms with van der Waals surface area (Å²) in [5.74, 6) is 0.727. The van der Waals surface area contributed by atoms with E-state index in [2.05, 4.69) is 10.1 Å². The predicted molar refractivity (Wildman–Crippen MR) is 38.2 cm³/mol. The third-order valence-electron chi connectivity index (χ3n) is 1.39. The summed E-state index contributed by atoms with van der Waals surface area (Å²) in [4.78, 5) is 4.01. The molecule has 0 aliphatic carbocycles. The fourth-order valence-corrected chi connectivity index (χ4v) is 0.708. The van der Waals surface area contributed by atoms with Gasteiger partial charge in [0.1, 0.15) is 6.33 Å². The maximum atomic E-state index is 5.67. The standard InChI is InChI=1S/C6H12N4/c1-3-5(7)6-8-4-10(2)9-6/h4-5H,3,7H2,1-2H3. The van der Waals surface area contributed by atoms with Gasteiger partial charge in [-0.25, -0.2) is 4.98 Å². The van der Waals surface area contributed by atoms with E-state index in [4.69, 9.17) is 5.73 Å². The first kappa shape index (κ1) is 7.21. The van der Waals surface area contributed by atoms with E-state index in [1.54, 1.807) is 11.0 Å². The number of hydrogen-bond acceptors (Lipinski definition) is 3. The molecule has 4 heteroatoms. The van der Waals surface area contributed by atoms with Gasteiger partial charge in [0.15, 0.2) is 5.82 Å². The molecule has 1 atom stereocenters. The Bertz CT molecular complexity index is 205. The van der Waals surface area contributed by atoms with Gasteiger partial charge in [-0.15, -0.1) is 0 Å². The van der Waals surface area contributed by atoms with Gasteiger partial charge in [0.2, 0.25) is 0 Å².